The van der Waals surface area contributed by atoms with Crippen LogP contribution in [-0.4, -0.2) is 40.8 Å². The number of hydrogen-bond donors (Lipinski definition) is 2. The van der Waals surface area contributed by atoms with E-state index in [1.54, 1.807) is 62.1 Å². The van der Waals surface area contributed by atoms with Gasteiger partial charge in [-0.1, -0.05) is 18.2 Å². The second-order valence-corrected chi connectivity index (χ2v) is 7.73. The van der Waals surface area contributed by atoms with Gasteiger partial charge in [0.1, 0.15) is 18.0 Å². The Bertz CT molecular complexity index is 1430. The molecule has 11 heteroatoms. The molecule has 168 valence electrons. The van der Waals surface area contributed by atoms with Crippen LogP contribution in [0.1, 0.15) is 10.5 Å². The maximum Gasteiger partial charge on any atom is 0.275 e. The summed E-state index contributed by atoms with van der Waals surface area (Å²) >= 11 is 1.21. The van der Waals surface area contributed by atoms with Crippen molar-refractivity contribution in [1.82, 2.24) is 14.8 Å². The fourth-order valence-electron chi connectivity index (χ4n) is 3.29. The molecule has 4 aromatic rings. The molecule has 2 amide bonds. The SMILES string of the molecule is COc1ccc(OC)c(-c2csc(NC(=O)Cn3nc(C(N)=O)c4ccccc4c3=O)n2)c1. The van der Waals surface area contributed by atoms with Gasteiger partial charge in [-0.2, -0.15) is 5.10 Å². The summed E-state index contributed by atoms with van der Waals surface area (Å²) in [7, 11) is 3.11. The fraction of sp³-hybridized carbons (Fsp3) is 0.136. The number of hydrogen-bond acceptors (Lipinski definition) is 8. The fourth-order valence-corrected chi connectivity index (χ4v) is 4.01. The molecule has 0 saturated carbocycles. The number of fused-ring (bicyclic) bond motifs is 1. The number of thiazole rings is 1. The van der Waals surface area contributed by atoms with E-state index in [9.17, 15) is 14.4 Å². The van der Waals surface area contributed by atoms with Crippen LogP contribution in [0.4, 0.5) is 5.13 Å². The van der Waals surface area contributed by atoms with Crippen molar-refractivity contribution < 1.29 is 19.1 Å². The molecule has 0 aliphatic rings. The molecule has 2 aromatic heterocycles. The van der Waals surface area contributed by atoms with Crippen LogP contribution in [-0.2, 0) is 11.3 Å². The number of benzene rings is 2. The molecule has 33 heavy (non-hydrogen) atoms. The topological polar surface area (TPSA) is 138 Å². The predicted molar refractivity (Wildman–Crippen MR) is 124 cm³/mol. The van der Waals surface area contributed by atoms with Gasteiger partial charge < -0.3 is 20.5 Å². The maximum atomic E-state index is 12.7. The molecule has 2 heterocycles. The Labute approximate surface area is 191 Å². The van der Waals surface area contributed by atoms with E-state index < -0.39 is 23.9 Å². The van der Waals surface area contributed by atoms with Crippen molar-refractivity contribution >= 4 is 39.1 Å². The Morgan fingerprint density at radius 3 is 2.58 bits per heavy atom. The first kappa shape index (κ1) is 22.0. The first-order valence-corrected chi connectivity index (χ1v) is 10.6. The number of carbonyl (C=O) groups is 2. The van der Waals surface area contributed by atoms with Gasteiger partial charge >= 0.3 is 0 Å². The summed E-state index contributed by atoms with van der Waals surface area (Å²) < 4.78 is 11.6. The quantitative estimate of drug-likeness (QED) is 0.427. The van der Waals surface area contributed by atoms with Crippen LogP contribution >= 0.6 is 11.3 Å². The Balaban J connectivity index is 1.59. The predicted octanol–water partition coefficient (Wildman–Crippen LogP) is 2.27. The van der Waals surface area contributed by atoms with Crippen LogP contribution in [0.5, 0.6) is 11.5 Å². The van der Waals surface area contributed by atoms with Gasteiger partial charge in [-0.05, 0) is 24.3 Å². The zero-order valence-electron chi connectivity index (χ0n) is 17.7. The number of anilines is 1. The number of amides is 2. The van der Waals surface area contributed by atoms with E-state index in [1.165, 1.54) is 11.3 Å². The maximum absolute atomic E-state index is 12.7. The summed E-state index contributed by atoms with van der Waals surface area (Å²) in [6.07, 6.45) is 0. The number of rotatable bonds is 7. The van der Waals surface area contributed by atoms with E-state index in [2.05, 4.69) is 15.4 Å². The molecule has 3 N–H and O–H groups in total. The summed E-state index contributed by atoms with van der Waals surface area (Å²) in [4.78, 5) is 41.6. The van der Waals surface area contributed by atoms with Crippen LogP contribution < -0.4 is 26.1 Å². The van der Waals surface area contributed by atoms with Gasteiger partial charge in [-0.25, -0.2) is 9.67 Å². The number of nitrogens with one attached hydrogen (secondary N) is 1. The second kappa shape index (κ2) is 9.09. The van der Waals surface area contributed by atoms with E-state index in [-0.39, 0.29) is 11.1 Å². The number of nitrogens with zero attached hydrogens (tertiary/aromatic N) is 3. The lowest BCUT2D eigenvalue weighted by atomic mass is 10.1. The highest BCUT2D eigenvalue weighted by molar-refractivity contribution is 7.14. The van der Waals surface area contributed by atoms with Gasteiger partial charge in [0.25, 0.3) is 11.5 Å². The number of nitrogens with two attached hydrogens (primary N) is 1. The van der Waals surface area contributed by atoms with Gasteiger partial charge in [0.2, 0.25) is 5.91 Å². The third-order valence-corrected chi connectivity index (χ3v) is 5.59. The molecular formula is C22H19N5O5S. The molecule has 0 radical (unpaired) electrons. The van der Waals surface area contributed by atoms with Gasteiger partial charge in [0.05, 0.1) is 25.3 Å². The first-order valence-electron chi connectivity index (χ1n) is 9.68. The van der Waals surface area contributed by atoms with Crippen molar-refractivity contribution in [2.24, 2.45) is 5.73 Å². The number of primary amides is 1. The molecule has 0 fully saturated rings. The Hall–Kier alpha value is -4.25. The van der Waals surface area contributed by atoms with E-state index in [0.29, 0.717) is 33.3 Å². The second-order valence-electron chi connectivity index (χ2n) is 6.87. The smallest absolute Gasteiger partial charge is 0.275 e. The summed E-state index contributed by atoms with van der Waals surface area (Å²) in [6.45, 7) is -0.415. The minimum Gasteiger partial charge on any atom is -0.497 e. The molecule has 0 atom stereocenters. The third kappa shape index (κ3) is 4.39. The van der Waals surface area contributed by atoms with Crippen LogP contribution in [0.15, 0.2) is 52.6 Å². The van der Waals surface area contributed by atoms with Crippen molar-refractivity contribution in [3.05, 3.63) is 63.9 Å². The lowest BCUT2D eigenvalue weighted by Crippen LogP contribution is -2.32. The van der Waals surface area contributed by atoms with E-state index in [4.69, 9.17) is 15.2 Å². The molecular weight excluding hydrogens is 446 g/mol. The highest BCUT2D eigenvalue weighted by atomic mass is 32.1. The standard InChI is InChI=1S/C22H19N5O5S/c1-31-12-7-8-17(32-2)15(9-12)16-11-33-22(24-16)25-18(28)10-27-21(30)14-6-4-3-5-13(14)19(26-27)20(23)29/h3-9,11H,10H2,1-2H3,(H2,23,29)(H,24,25,28). The highest BCUT2D eigenvalue weighted by Gasteiger charge is 2.17. The van der Waals surface area contributed by atoms with Crippen molar-refractivity contribution in [3.8, 4) is 22.8 Å². The molecule has 0 saturated heterocycles. The van der Waals surface area contributed by atoms with Crippen LogP contribution in [0.25, 0.3) is 22.0 Å². The summed E-state index contributed by atoms with van der Waals surface area (Å²) in [5, 5.41) is 9.32. The molecule has 2 aromatic carbocycles. The summed E-state index contributed by atoms with van der Waals surface area (Å²) in [6, 6.07) is 11.8. The van der Waals surface area contributed by atoms with Crippen molar-refractivity contribution in [2.75, 3.05) is 19.5 Å². The number of ether oxygens (including phenoxy) is 2. The number of methoxy groups -OCH3 is 2. The Kier molecular flexibility index (Phi) is 6.05. The average Bonchev–Trinajstić information content (AvgIpc) is 3.28. The minimum atomic E-state index is -0.794. The first-order chi connectivity index (χ1) is 15.9. The van der Waals surface area contributed by atoms with Crippen molar-refractivity contribution in [2.45, 2.75) is 6.54 Å². The van der Waals surface area contributed by atoms with Crippen molar-refractivity contribution in [1.29, 1.82) is 0 Å². The number of aromatic nitrogens is 3. The van der Waals surface area contributed by atoms with E-state index in [0.717, 1.165) is 4.68 Å². The zero-order valence-corrected chi connectivity index (χ0v) is 18.5. The van der Waals surface area contributed by atoms with Crippen LogP contribution in [0.3, 0.4) is 0 Å². The van der Waals surface area contributed by atoms with Gasteiger partial charge in [-0.15, -0.1) is 11.3 Å². The van der Waals surface area contributed by atoms with Gasteiger partial charge in [-0.3, -0.25) is 14.4 Å². The minimum absolute atomic E-state index is 0.0837. The van der Waals surface area contributed by atoms with E-state index in [1.807, 2.05) is 0 Å². The molecule has 0 aliphatic carbocycles. The third-order valence-electron chi connectivity index (χ3n) is 4.83. The number of carbonyl (C=O) groups excluding carboxylic acids is 2. The van der Waals surface area contributed by atoms with E-state index >= 15 is 0 Å². The lowest BCUT2D eigenvalue weighted by Gasteiger charge is -2.09. The van der Waals surface area contributed by atoms with Gasteiger partial charge in [0.15, 0.2) is 10.8 Å². The normalized spacial score (nSPS) is 10.7. The van der Waals surface area contributed by atoms with Crippen LogP contribution in [0.2, 0.25) is 0 Å². The molecule has 4 rings (SSSR count). The molecule has 0 aliphatic heterocycles. The lowest BCUT2D eigenvalue weighted by molar-refractivity contribution is -0.117. The Morgan fingerprint density at radius 2 is 1.88 bits per heavy atom. The zero-order chi connectivity index (χ0) is 23.5. The molecule has 0 spiro atoms. The molecule has 0 unspecified atom stereocenters. The monoisotopic (exact) mass is 465 g/mol. The largest absolute Gasteiger partial charge is 0.497 e. The average molecular weight is 465 g/mol. The molecule has 0 bridgehead atoms. The van der Waals surface area contributed by atoms with Crippen LogP contribution in [0, 0.1) is 0 Å². The summed E-state index contributed by atoms with van der Waals surface area (Å²) in [5.41, 5.74) is 6.11. The Morgan fingerprint density at radius 1 is 1.12 bits per heavy atom. The highest BCUT2D eigenvalue weighted by Crippen LogP contribution is 2.35. The van der Waals surface area contributed by atoms with Gasteiger partial charge in [0, 0.05) is 16.3 Å². The summed E-state index contributed by atoms with van der Waals surface area (Å²) in [5.74, 6) is -0.0905. The molecule has 10 nitrogen and oxygen atoms in total. The van der Waals surface area contributed by atoms with Crippen molar-refractivity contribution in [3.63, 3.8) is 0 Å².